The lowest BCUT2D eigenvalue weighted by Gasteiger charge is -2.32. The molecular formula is C23H26ClN3O3. The van der Waals surface area contributed by atoms with E-state index in [-0.39, 0.29) is 5.56 Å². The summed E-state index contributed by atoms with van der Waals surface area (Å²) in [6.07, 6.45) is 2.49. The Morgan fingerprint density at radius 3 is 2.60 bits per heavy atom. The van der Waals surface area contributed by atoms with Crippen LogP contribution >= 0.6 is 11.6 Å². The third kappa shape index (κ3) is 4.61. The van der Waals surface area contributed by atoms with Crippen molar-refractivity contribution in [2.75, 3.05) is 46.4 Å². The summed E-state index contributed by atoms with van der Waals surface area (Å²) >= 11 is 6.45. The number of nitrogens with one attached hydrogen (secondary N) is 1. The molecule has 6 nitrogen and oxygen atoms in total. The van der Waals surface area contributed by atoms with Crippen molar-refractivity contribution in [1.82, 2.24) is 14.8 Å². The number of hydrogen-bond acceptors (Lipinski definition) is 4. The number of aromatic carboxylic acids is 1. The molecule has 0 atom stereocenters. The molecular weight excluding hydrogens is 402 g/mol. The summed E-state index contributed by atoms with van der Waals surface area (Å²) in [6, 6.07) is 11.4. The number of H-pyrrole nitrogens is 1. The van der Waals surface area contributed by atoms with E-state index in [1.54, 1.807) is 6.07 Å². The fourth-order valence-electron chi connectivity index (χ4n) is 3.82. The Hall–Kier alpha value is -2.54. The number of piperazine rings is 1. The predicted octanol–water partition coefficient (Wildman–Crippen LogP) is 4.20. The Morgan fingerprint density at radius 2 is 1.90 bits per heavy atom. The molecule has 0 unspecified atom stereocenters. The van der Waals surface area contributed by atoms with Crippen molar-refractivity contribution in [2.24, 2.45) is 0 Å². The van der Waals surface area contributed by atoms with Gasteiger partial charge in [-0.25, -0.2) is 4.79 Å². The molecule has 0 amide bonds. The van der Waals surface area contributed by atoms with Gasteiger partial charge < -0.3 is 24.6 Å². The molecule has 0 radical (unpaired) electrons. The zero-order chi connectivity index (χ0) is 21.1. The van der Waals surface area contributed by atoms with Crippen LogP contribution in [0.3, 0.4) is 0 Å². The van der Waals surface area contributed by atoms with Gasteiger partial charge in [-0.15, -0.1) is 0 Å². The first-order valence-electron chi connectivity index (χ1n) is 10.2. The third-order valence-electron chi connectivity index (χ3n) is 5.65. The van der Waals surface area contributed by atoms with Crippen LogP contribution in [0.5, 0.6) is 5.75 Å². The number of rotatable bonds is 7. The highest BCUT2D eigenvalue weighted by atomic mass is 35.5. The molecule has 4 rings (SSSR count). The highest BCUT2D eigenvalue weighted by Crippen LogP contribution is 2.34. The van der Waals surface area contributed by atoms with Gasteiger partial charge in [0.05, 0.1) is 17.2 Å². The summed E-state index contributed by atoms with van der Waals surface area (Å²) in [6.45, 7) is 6.26. The average Bonchev–Trinajstić information content (AvgIpc) is 3.15. The maximum atomic E-state index is 11.4. The zero-order valence-electron chi connectivity index (χ0n) is 17.0. The van der Waals surface area contributed by atoms with Gasteiger partial charge in [-0.1, -0.05) is 23.7 Å². The quantitative estimate of drug-likeness (QED) is 0.553. The van der Waals surface area contributed by atoms with Crippen molar-refractivity contribution in [1.29, 1.82) is 0 Å². The van der Waals surface area contributed by atoms with Gasteiger partial charge in [-0.2, -0.15) is 0 Å². The van der Waals surface area contributed by atoms with Crippen molar-refractivity contribution in [3.8, 4) is 16.9 Å². The molecule has 1 saturated heterocycles. The molecule has 0 bridgehead atoms. The molecule has 0 aliphatic carbocycles. The van der Waals surface area contributed by atoms with E-state index >= 15 is 0 Å². The Kier molecular flexibility index (Phi) is 6.27. The van der Waals surface area contributed by atoms with E-state index in [2.05, 4.69) is 21.8 Å². The second kappa shape index (κ2) is 9.08. The Labute approximate surface area is 181 Å². The van der Waals surface area contributed by atoms with Crippen molar-refractivity contribution >= 4 is 28.5 Å². The maximum Gasteiger partial charge on any atom is 0.337 e. The van der Waals surface area contributed by atoms with Gasteiger partial charge in [0, 0.05) is 55.4 Å². The van der Waals surface area contributed by atoms with Crippen LogP contribution in [0, 0.1) is 0 Å². The summed E-state index contributed by atoms with van der Waals surface area (Å²) in [7, 11) is 2.17. The van der Waals surface area contributed by atoms with Crippen LogP contribution in [0.1, 0.15) is 16.8 Å². The lowest BCUT2D eigenvalue weighted by atomic mass is 10.0. The number of likely N-dealkylation sites (N-methyl/N-ethyl adjacent to an activating group) is 1. The number of halogens is 1. The smallest absolute Gasteiger partial charge is 0.337 e. The molecule has 2 heterocycles. The van der Waals surface area contributed by atoms with Crippen molar-refractivity contribution in [3.63, 3.8) is 0 Å². The minimum atomic E-state index is -0.963. The Morgan fingerprint density at radius 1 is 1.17 bits per heavy atom. The van der Waals surface area contributed by atoms with Gasteiger partial charge in [-0.05, 0) is 43.3 Å². The monoisotopic (exact) mass is 427 g/mol. The van der Waals surface area contributed by atoms with Gasteiger partial charge in [0.15, 0.2) is 0 Å². The van der Waals surface area contributed by atoms with Gasteiger partial charge in [-0.3, -0.25) is 0 Å². The van der Waals surface area contributed by atoms with Crippen LogP contribution in [-0.2, 0) is 0 Å². The van der Waals surface area contributed by atoms with E-state index < -0.39 is 5.97 Å². The molecule has 158 valence electrons. The molecule has 2 aromatic carbocycles. The highest BCUT2D eigenvalue weighted by molar-refractivity contribution is 6.34. The fraction of sp³-hybridized carbons (Fsp3) is 0.348. The topological polar surface area (TPSA) is 68.8 Å². The van der Waals surface area contributed by atoms with Crippen LogP contribution in [0.15, 0.2) is 42.6 Å². The summed E-state index contributed by atoms with van der Waals surface area (Å²) in [5, 5.41) is 10.6. The van der Waals surface area contributed by atoms with Crippen LogP contribution in [-0.4, -0.2) is 72.2 Å². The normalized spacial score (nSPS) is 15.5. The van der Waals surface area contributed by atoms with Crippen molar-refractivity contribution < 1.29 is 14.6 Å². The predicted molar refractivity (Wildman–Crippen MR) is 120 cm³/mol. The molecule has 1 aromatic heterocycles. The van der Waals surface area contributed by atoms with Gasteiger partial charge in [0.25, 0.3) is 0 Å². The number of carboxylic acid groups (broad SMARTS) is 1. The van der Waals surface area contributed by atoms with E-state index in [0.29, 0.717) is 22.5 Å². The molecule has 2 N–H and O–H groups in total. The fourth-order valence-corrected chi connectivity index (χ4v) is 4.09. The first-order chi connectivity index (χ1) is 14.5. The highest BCUT2D eigenvalue weighted by Gasteiger charge is 2.15. The van der Waals surface area contributed by atoms with Gasteiger partial charge >= 0.3 is 5.97 Å². The SMILES string of the molecule is CN1CCN(CCCOc2ccc(-c3cc4c(C(=O)O)c[nH]c4cc3Cl)cc2)CC1. The molecule has 30 heavy (non-hydrogen) atoms. The van der Waals surface area contributed by atoms with E-state index in [1.165, 1.54) is 6.20 Å². The van der Waals surface area contributed by atoms with Crippen LogP contribution in [0.2, 0.25) is 5.02 Å². The number of carboxylic acids is 1. The molecule has 0 saturated carbocycles. The molecule has 7 heteroatoms. The lowest BCUT2D eigenvalue weighted by molar-refractivity contribution is 0.0699. The van der Waals surface area contributed by atoms with Crippen LogP contribution in [0.4, 0.5) is 0 Å². The van der Waals surface area contributed by atoms with Crippen molar-refractivity contribution in [2.45, 2.75) is 6.42 Å². The second-order valence-corrected chi connectivity index (χ2v) is 8.16. The zero-order valence-corrected chi connectivity index (χ0v) is 17.8. The van der Waals surface area contributed by atoms with Crippen LogP contribution < -0.4 is 4.74 Å². The number of aromatic amines is 1. The first kappa shape index (κ1) is 20.7. The number of nitrogens with zero attached hydrogens (tertiary/aromatic N) is 2. The minimum absolute atomic E-state index is 0.239. The summed E-state index contributed by atoms with van der Waals surface area (Å²) in [5.41, 5.74) is 2.67. The molecule has 1 fully saturated rings. The molecule has 3 aromatic rings. The standard InChI is InChI=1S/C23H26ClN3O3/c1-26-8-10-27(11-9-26)7-2-12-30-17-5-3-16(4-6-17)18-13-19-20(23(28)29)15-25-22(19)14-21(18)24/h3-6,13-15,25H,2,7-12H2,1H3,(H,28,29). The molecule has 1 aliphatic rings. The average molecular weight is 428 g/mol. The second-order valence-electron chi connectivity index (χ2n) is 7.76. The number of hydrogen-bond donors (Lipinski definition) is 2. The Bertz CT molecular complexity index is 1020. The van der Waals surface area contributed by atoms with Crippen molar-refractivity contribution in [3.05, 3.63) is 53.2 Å². The van der Waals surface area contributed by atoms with Crippen LogP contribution in [0.25, 0.3) is 22.0 Å². The molecule has 0 spiro atoms. The lowest BCUT2D eigenvalue weighted by Crippen LogP contribution is -2.44. The number of ether oxygens (including phenoxy) is 1. The van der Waals surface area contributed by atoms with E-state index in [0.717, 1.165) is 56.0 Å². The molecule has 1 aliphatic heterocycles. The number of fused-ring (bicyclic) bond motifs is 1. The third-order valence-corrected chi connectivity index (χ3v) is 5.96. The largest absolute Gasteiger partial charge is 0.494 e. The summed E-state index contributed by atoms with van der Waals surface area (Å²) < 4.78 is 5.89. The Balaban J connectivity index is 1.38. The van der Waals surface area contributed by atoms with Gasteiger partial charge in [0.2, 0.25) is 0 Å². The van der Waals surface area contributed by atoms with E-state index in [4.69, 9.17) is 16.3 Å². The van der Waals surface area contributed by atoms with Gasteiger partial charge in [0.1, 0.15) is 5.75 Å². The first-order valence-corrected chi connectivity index (χ1v) is 10.6. The summed E-state index contributed by atoms with van der Waals surface area (Å²) in [4.78, 5) is 19.2. The number of carbonyl (C=O) groups is 1. The minimum Gasteiger partial charge on any atom is -0.494 e. The van der Waals surface area contributed by atoms with E-state index in [1.807, 2.05) is 30.3 Å². The van der Waals surface area contributed by atoms with E-state index in [9.17, 15) is 9.90 Å². The number of aromatic nitrogens is 1. The maximum absolute atomic E-state index is 11.4. The number of benzene rings is 2. The summed E-state index contributed by atoms with van der Waals surface area (Å²) in [5.74, 6) is -0.142.